The average molecular weight is 444 g/mol. The van der Waals surface area contributed by atoms with E-state index in [1.807, 2.05) is 31.2 Å². The normalized spacial score (nSPS) is 18.5. The Kier molecular flexibility index (Phi) is 5.49. The van der Waals surface area contributed by atoms with Crippen LogP contribution in [0.15, 0.2) is 52.4 Å². The lowest BCUT2D eigenvalue weighted by atomic mass is 10.00. The molecule has 164 valence electrons. The van der Waals surface area contributed by atoms with Gasteiger partial charge in [0.15, 0.2) is 11.5 Å². The highest BCUT2D eigenvalue weighted by Gasteiger charge is 2.44. The summed E-state index contributed by atoms with van der Waals surface area (Å²) in [7, 11) is -0.752. The number of carbonyl (C=O) groups is 1. The second-order valence-corrected chi connectivity index (χ2v) is 9.67. The third-order valence-corrected chi connectivity index (χ3v) is 7.65. The molecule has 1 saturated heterocycles. The van der Waals surface area contributed by atoms with E-state index in [0.717, 1.165) is 11.1 Å². The van der Waals surface area contributed by atoms with Crippen molar-refractivity contribution >= 4 is 21.6 Å². The van der Waals surface area contributed by atoms with Gasteiger partial charge in [0, 0.05) is 37.6 Å². The summed E-state index contributed by atoms with van der Waals surface area (Å²) < 4.78 is 38.1. The van der Waals surface area contributed by atoms with E-state index in [9.17, 15) is 13.2 Å². The number of rotatable bonds is 5. The van der Waals surface area contributed by atoms with Gasteiger partial charge in [0.2, 0.25) is 10.0 Å². The molecule has 4 rings (SSSR count). The number of piperidine rings is 1. The number of ether oxygens (including phenoxy) is 2. The summed E-state index contributed by atoms with van der Waals surface area (Å²) in [5.74, 6) is 0.596. The van der Waals surface area contributed by atoms with Crippen molar-refractivity contribution < 1.29 is 22.7 Å². The molecule has 8 nitrogen and oxygen atoms in total. The number of nitrogens with zero attached hydrogens (tertiary/aromatic N) is 2. The Hall–Kier alpha value is -2.91. The molecule has 2 aromatic rings. The zero-order chi connectivity index (χ0) is 22.2. The molecule has 1 amide bonds. The quantitative estimate of drug-likeness (QED) is 0.763. The molecule has 2 aliphatic heterocycles. The zero-order valence-corrected chi connectivity index (χ0v) is 18.5. The number of sulfonamides is 1. The van der Waals surface area contributed by atoms with Gasteiger partial charge in [-0.05, 0) is 19.1 Å². The summed E-state index contributed by atoms with van der Waals surface area (Å²) in [5.41, 5.74) is 1.50. The van der Waals surface area contributed by atoms with Gasteiger partial charge in [0.1, 0.15) is 11.4 Å². The van der Waals surface area contributed by atoms with Crippen LogP contribution in [0.2, 0.25) is 0 Å². The molecule has 0 unspecified atom stereocenters. The maximum Gasteiger partial charge on any atom is 0.272 e. The molecule has 1 spiro atoms. The second kappa shape index (κ2) is 7.97. The molecular formula is C22H25N3O5S. The summed E-state index contributed by atoms with van der Waals surface area (Å²) in [6, 6.07) is 12.2. The van der Waals surface area contributed by atoms with Gasteiger partial charge in [-0.1, -0.05) is 29.8 Å². The molecule has 31 heavy (non-hydrogen) atoms. The number of nitrogens with one attached hydrogen (secondary N) is 1. The number of aryl methyl sites for hydroxylation is 1. The van der Waals surface area contributed by atoms with E-state index < -0.39 is 15.7 Å². The Morgan fingerprint density at radius 3 is 2.26 bits per heavy atom. The van der Waals surface area contributed by atoms with Crippen molar-refractivity contribution in [2.24, 2.45) is 4.99 Å². The molecule has 0 radical (unpaired) electrons. The van der Waals surface area contributed by atoms with Crippen molar-refractivity contribution in [2.45, 2.75) is 30.3 Å². The number of carbonyl (C=O) groups excluding carboxylic acids is 1. The minimum atomic E-state index is -3.71. The van der Waals surface area contributed by atoms with Gasteiger partial charge >= 0.3 is 0 Å². The van der Waals surface area contributed by atoms with E-state index in [2.05, 4.69) is 5.32 Å². The number of amides is 1. The topological polar surface area (TPSA) is 97.3 Å². The first kappa shape index (κ1) is 21.3. The minimum absolute atomic E-state index is 0.139. The molecule has 2 aromatic carbocycles. The molecule has 9 heteroatoms. The van der Waals surface area contributed by atoms with E-state index in [1.54, 1.807) is 6.07 Å². The summed E-state index contributed by atoms with van der Waals surface area (Å²) in [4.78, 5) is 17.4. The molecule has 1 N–H and O–H groups in total. The number of aliphatic imine (C=N–C) groups is 1. The second-order valence-electron chi connectivity index (χ2n) is 7.73. The number of methoxy groups -OCH3 is 2. The highest BCUT2D eigenvalue weighted by molar-refractivity contribution is 7.89. The monoisotopic (exact) mass is 443 g/mol. The van der Waals surface area contributed by atoms with Crippen LogP contribution in [0.1, 0.15) is 24.0 Å². The molecule has 0 aromatic heterocycles. The summed E-state index contributed by atoms with van der Waals surface area (Å²) in [6.45, 7) is 2.49. The van der Waals surface area contributed by atoms with Crippen LogP contribution in [0.4, 0.5) is 0 Å². The van der Waals surface area contributed by atoms with E-state index in [1.165, 1.54) is 30.7 Å². The average Bonchev–Trinajstić information content (AvgIpc) is 3.09. The van der Waals surface area contributed by atoms with Crippen molar-refractivity contribution in [3.63, 3.8) is 0 Å². The standard InChI is InChI=1S/C22H25N3O5S/c1-15-4-6-16(7-5-15)20-21(26)24-22(23-20)10-12-25(13-11-22)31(27,28)17-8-9-18(29-2)19(14-17)30-3/h4-9,14H,10-13H2,1-3H3,(H,24,26). The maximum atomic E-state index is 13.1. The van der Waals surface area contributed by atoms with Gasteiger partial charge in [-0.25, -0.2) is 8.42 Å². The number of hydrogen-bond donors (Lipinski definition) is 1. The van der Waals surface area contributed by atoms with Crippen molar-refractivity contribution in [1.82, 2.24) is 9.62 Å². The van der Waals surface area contributed by atoms with E-state index >= 15 is 0 Å². The van der Waals surface area contributed by atoms with E-state index in [4.69, 9.17) is 14.5 Å². The van der Waals surface area contributed by atoms with Crippen molar-refractivity contribution in [3.8, 4) is 11.5 Å². The molecule has 2 aliphatic rings. The Labute approximate surface area is 181 Å². The molecule has 0 saturated carbocycles. The van der Waals surface area contributed by atoms with E-state index in [0.29, 0.717) is 30.1 Å². The summed E-state index contributed by atoms with van der Waals surface area (Å²) in [6.07, 6.45) is 0.807. The van der Waals surface area contributed by atoms with Gasteiger partial charge in [-0.3, -0.25) is 9.79 Å². The first-order valence-corrected chi connectivity index (χ1v) is 11.4. The summed E-state index contributed by atoms with van der Waals surface area (Å²) in [5, 5.41) is 2.98. The number of benzene rings is 2. The lowest BCUT2D eigenvalue weighted by Crippen LogP contribution is -2.52. The van der Waals surface area contributed by atoms with Crippen LogP contribution in [0.25, 0.3) is 0 Å². The lowest BCUT2D eigenvalue weighted by Gasteiger charge is -2.36. The molecular weight excluding hydrogens is 418 g/mol. The van der Waals surface area contributed by atoms with Gasteiger partial charge in [-0.2, -0.15) is 4.31 Å². The van der Waals surface area contributed by atoms with Gasteiger partial charge in [-0.15, -0.1) is 0 Å². The van der Waals surface area contributed by atoms with Crippen LogP contribution in [0.5, 0.6) is 11.5 Å². The smallest absolute Gasteiger partial charge is 0.272 e. The fourth-order valence-corrected chi connectivity index (χ4v) is 5.39. The van der Waals surface area contributed by atoms with Crippen molar-refractivity contribution in [2.75, 3.05) is 27.3 Å². The van der Waals surface area contributed by atoms with Crippen LogP contribution in [0.3, 0.4) is 0 Å². The SMILES string of the molecule is COc1ccc(S(=O)(=O)N2CCC3(CC2)N=C(c2ccc(C)cc2)C(=O)N3)cc1OC. The van der Waals surface area contributed by atoms with Crippen LogP contribution < -0.4 is 14.8 Å². The fraction of sp³-hybridized carbons (Fsp3) is 0.364. The maximum absolute atomic E-state index is 13.1. The van der Waals surface area contributed by atoms with Crippen LogP contribution in [-0.4, -0.2) is 57.3 Å². The highest BCUT2D eigenvalue weighted by atomic mass is 32.2. The van der Waals surface area contributed by atoms with Crippen LogP contribution in [0, 0.1) is 6.92 Å². The first-order valence-electron chi connectivity index (χ1n) is 10.00. The Morgan fingerprint density at radius 2 is 1.65 bits per heavy atom. The minimum Gasteiger partial charge on any atom is -0.493 e. The van der Waals surface area contributed by atoms with Crippen molar-refractivity contribution in [3.05, 3.63) is 53.6 Å². The zero-order valence-electron chi connectivity index (χ0n) is 17.7. The third kappa shape index (κ3) is 3.90. The van der Waals surface area contributed by atoms with Gasteiger partial charge < -0.3 is 14.8 Å². The van der Waals surface area contributed by atoms with Crippen LogP contribution in [-0.2, 0) is 14.8 Å². The predicted octanol–water partition coefficient (Wildman–Crippen LogP) is 2.11. The summed E-state index contributed by atoms with van der Waals surface area (Å²) >= 11 is 0. The first-order chi connectivity index (χ1) is 14.8. The fourth-order valence-electron chi connectivity index (χ4n) is 3.93. The lowest BCUT2D eigenvalue weighted by molar-refractivity contribution is -0.115. The van der Waals surface area contributed by atoms with E-state index in [-0.39, 0.29) is 23.9 Å². The third-order valence-electron chi connectivity index (χ3n) is 5.75. The highest BCUT2D eigenvalue weighted by Crippen LogP contribution is 2.34. The predicted molar refractivity (Wildman–Crippen MR) is 116 cm³/mol. The molecule has 1 fully saturated rings. The Morgan fingerprint density at radius 1 is 1.00 bits per heavy atom. The number of hydrogen-bond acceptors (Lipinski definition) is 6. The largest absolute Gasteiger partial charge is 0.493 e. The molecule has 2 heterocycles. The Balaban J connectivity index is 1.53. The molecule has 0 aliphatic carbocycles. The Bertz CT molecular complexity index is 1130. The molecule has 0 bridgehead atoms. The van der Waals surface area contributed by atoms with Crippen LogP contribution >= 0.6 is 0 Å². The van der Waals surface area contributed by atoms with Gasteiger partial charge in [0.25, 0.3) is 5.91 Å². The van der Waals surface area contributed by atoms with Crippen molar-refractivity contribution in [1.29, 1.82) is 0 Å². The van der Waals surface area contributed by atoms with Gasteiger partial charge in [0.05, 0.1) is 19.1 Å². The molecule has 0 atom stereocenters.